The van der Waals surface area contributed by atoms with Gasteiger partial charge in [-0.25, -0.2) is 8.42 Å². The highest BCUT2D eigenvalue weighted by Gasteiger charge is 2.52. The van der Waals surface area contributed by atoms with Gasteiger partial charge < -0.3 is 9.80 Å². The second-order valence-corrected chi connectivity index (χ2v) is 8.92. The van der Waals surface area contributed by atoms with Crippen LogP contribution in [0.5, 0.6) is 0 Å². The Bertz CT molecular complexity index is 805. The van der Waals surface area contributed by atoms with Crippen LogP contribution in [0, 0.1) is 0 Å². The minimum absolute atomic E-state index is 0.0222. The van der Waals surface area contributed by atoms with Crippen molar-refractivity contribution in [3.8, 4) is 0 Å². The first kappa shape index (κ1) is 17.9. The molecule has 138 valence electrons. The van der Waals surface area contributed by atoms with Crippen LogP contribution < -0.4 is 4.90 Å². The van der Waals surface area contributed by atoms with Crippen molar-refractivity contribution in [2.24, 2.45) is 7.05 Å². The molecule has 1 atom stereocenters. The molecule has 0 saturated carbocycles. The molecule has 0 aliphatic carbocycles. The second kappa shape index (κ2) is 6.10. The monoisotopic (exact) mass is 369 g/mol. The largest absolute Gasteiger partial charge is 0.325 e. The summed E-state index contributed by atoms with van der Waals surface area (Å²) in [5, 5.41) is 4.10. The van der Waals surface area contributed by atoms with Crippen molar-refractivity contribution >= 4 is 27.5 Å². The topological polar surface area (TPSA) is 95.8 Å². The first-order valence-electron chi connectivity index (χ1n) is 8.23. The molecule has 2 amide bonds. The van der Waals surface area contributed by atoms with Gasteiger partial charge in [-0.05, 0) is 13.3 Å². The van der Waals surface area contributed by atoms with E-state index in [2.05, 4.69) is 5.10 Å². The van der Waals surface area contributed by atoms with E-state index in [1.165, 1.54) is 16.1 Å². The van der Waals surface area contributed by atoms with Crippen molar-refractivity contribution < 1.29 is 18.0 Å². The SMILES string of the molecule is CCS(=O)(=O)N1CC[C@]2(CN(c3cnn(C)c3)C(=O)CN2C(C)=O)C1. The maximum atomic E-state index is 12.6. The third kappa shape index (κ3) is 3.04. The molecule has 1 aromatic heterocycles. The van der Waals surface area contributed by atoms with Crippen molar-refractivity contribution in [2.45, 2.75) is 25.8 Å². The zero-order chi connectivity index (χ0) is 18.4. The number of aromatic nitrogens is 2. The van der Waals surface area contributed by atoms with Crippen molar-refractivity contribution in [2.75, 3.05) is 36.8 Å². The molecule has 3 heterocycles. The molecule has 0 bridgehead atoms. The Kier molecular flexibility index (Phi) is 4.36. The van der Waals surface area contributed by atoms with E-state index in [1.54, 1.807) is 35.9 Å². The van der Waals surface area contributed by atoms with Crippen LogP contribution in [0.2, 0.25) is 0 Å². The van der Waals surface area contributed by atoms with E-state index in [4.69, 9.17) is 0 Å². The Labute approximate surface area is 147 Å². The number of hydrogen-bond acceptors (Lipinski definition) is 5. The number of amides is 2. The van der Waals surface area contributed by atoms with Crippen LogP contribution in [0.3, 0.4) is 0 Å². The van der Waals surface area contributed by atoms with Gasteiger partial charge in [0.2, 0.25) is 21.8 Å². The Morgan fingerprint density at radius 1 is 1.36 bits per heavy atom. The lowest BCUT2D eigenvalue weighted by Gasteiger charge is -2.47. The Balaban J connectivity index is 1.94. The molecule has 0 aromatic carbocycles. The molecule has 0 radical (unpaired) electrons. The smallest absolute Gasteiger partial charge is 0.246 e. The van der Waals surface area contributed by atoms with E-state index in [9.17, 15) is 18.0 Å². The number of carbonyl (C=O) groups excluding carboxylic acids is 2. The third-order valence-electron chi connectivity index (χ3n) is 5.06. The third-order valence-corrected chi connectivity index (χ3v) is 6.89. The first-order valence-corrected chi connectivity index (χ1v) is 9.84. The normalized spacial score (nSPS) is 25.2. The van der Waals surface area contributed by atoms with E-state index in [0.29, 0.717) is 18.7 Å². The molecule has 2 aliphatic rings. The van der Waals surface area contributed by atoms with Crippen molar-refractivity contribution in [3.05, 3.63) is 12.4 Å². The molecule has 2 fully saturated rings. The zero-order valence-corrected chi connectivity index (χ0v) is 15.5. The molecular formula is C15H23N5O4S. The number of hydrogen-bond donors (Lipinski definition) is 0. The summed E-state index contributed by atoms with van der Waals surface area (Å²) in [5.74, 6) is -0.380. The van der Waals surface area contributed by atoms with E-state index in [1.807, 2.05) is 0 Å². The van der Waals surface area contributed by atoms with Gasteiger partial charge in [0.15, 0.2) is 0 Å². The van der Waals surface area contributed by atoms with Gasteiger partial charge in [-0.1, -0.05) is 0 Å². The number of anilines is 1. The standard InChI is InChI=1S/C15H23N5O4S/c1-4-25(23,24)18-6-5-15(10-18)11-19(13-7-16-17(3)8-13)14(22)9-20(15)12(2)21/h7-8H,4-6,9-11H2,1-3H3/t15-/m1/s1. The fraction of sp³-hybridized carbons (Fsp3) is 0.667. The predicted octanol–water partition coefficient (Wildman–Crippen LogP) is -0.591. The molecule has 1 spiro atoms. The Morgan fingerprint density at radius 3 is 2.64 bits per heavy atom. The second-order valence-electron chi connectivity index (χ2n) is 6.67. The van der Waals surface area contributed by atoms with Crippen LogP contribution >= 0.6 is 0 Å². The molecule has 2 saturated heterocycles. The maximum Gasteiger partial charge on any atom is 0.246 e. The first-order chi connectivity index (χ1) is 11.7. The number of rotatable bonds is 3. The van der Waals surface area contributed by atoms with E-state index in [0.717, 1.165) is 0 Å². The summed E-state index contributed by atoms with van der Waals surface area (Å²) in [6.45, 7) is 3.82. The highest BCUT2D eigenvalue weighted by molar-refractivity contribution is 7.89. The van der Waals surface area contributed by atoms with E-state index in [-0.39, 0.29) is 37.2 Å². The van der Waals surface area contributed by atoms with Crippen molar-refractivity contribution in [1.29, 1.82) is 0 Å². The fourth-order valence-electron chi connectivity index (χ4n) is 3.67. The molecule has 0 unspecified atom stereocenters. The average molecular weight is 369 g/mol. The van der Waals surface area contributed by atoms with Gasteiger partial charge in [0.05, 0.1) is 29.7 Å². The van der Waals surface area contributed by atoms with E-state index < -0.39 is 15.6 Å². The van der Waals surface area contributed by atoms with Gasteiger partial charge in [0.25, 0.3) is 0 Å². The predicted molar refractivity (Wildman–Crippen MR) is 91.3 cm³/mol. The summed E-state index contributed by atoms with van der Waals surface area (Å²) in [5.41, 5.74) is -0.0375. The highest BCUT2D eigenvalue weighted by atomic mass is 32.2. The molecule has 25 heavy (non-hydrogen) atoms. The van der Waals surface area contributed by atoms with Crippen LogP contribution in [0.15, 0.2) is 12.4 Å². The quantitative estimate of drug-likeness (QED) is 0.710. The number of nitrogens with zero attached hydrogens (tertiary/aromatic N) is 5. The van der Waals surface area contributed by atoms with Crippen LogP contribution in [-0.4, -0.2) is 76.7 Å². The lowest BCUT2D eigenvalue weighted by molar-refractivity contribution is -0.142. The fourth-order valence-corrected chi connectivity index (χ4v) is 4.84. The molecule has 2 aliphatic heterocycles. The van der Waals surface area contributed by atoms with Crippen molar-refractivity contribution in [3.63, 3.8) is 0 Å². The average Bonchev–Trinajstić information content (AvgIpc) is 3.17. The molecule has 9 nitrogen and oxygen atoms in total. The highest BCUT2D eigenvalue weighted by Crippen LogP contribution is 2.35. The van der Waals surface area contributed by atoms with Gasteiger partial charge in [-0.15, -0.1) is 0 Å². The lowest BCUT2D eigenvalue weighted by Crippen LogP contribution is -2.67. The van der Waals surface area contributed by atoms with Crippen molar-refractivity contribution in [1.82, 2.24) is 19.0 Å². The Morgan fingerprint density at radius 2 is 2.08 bits per heavy atom. The number of sulfonamides is 1. The van der Waals surface area contributed by atoms with E-state index >= 15 is 0 Å². The maximum absolute atomic E-state index is 12.6. The van der Waals surface area contributed by atoms with Crippen LogP contribution in [0.25, 0.3) is 0 Å². The number of aryl methyl sites for hydroxylation is 1. The molecule has 3 rings (SSSR count). The number of piperazine rings is 1. The van der Waals surface area contributed by atoms with Crippen LogP contribution in [-0.2, 0) is 26.7 Å². The van der Waals surface area contributed by atoms with Crippen LogP contribution in [0.1, 0.15) is 20.3 Å². The summed E-state index contributed by atoms with van der Waals surface area (Å²) in [4.78, 5) is 27.8. The zero-order valence-electron chi connectivity index (χ0n) is 14.7. The van der Waals surface area contributed by atoms with Gasteiger partial charge in [-0.2, -0.15) is 9.40 Å². The molecular weight excluding hydrogens is 346 g/mol. The minimum Gasteiger partial charge on any atom is -0.325 e. The van der Waals surface area contributed by atoms with Gasteiger partial charge in [0.1, 0.15) is 6.54 Å². The molecule has 1 aromatic rings. The summed E-state index contributed by atoms with van der Waals surface area (Å²) in [7, 11) is -1.57. The molecule has 0 N–H and O–H groups in total. The van der Waals surface area contributed by atoms with Gasteiger partial charge in [-0.3, -0.25) is 14.3 Å². The molecule has 10 heteroatoms. The summed E-state index contributed by atoms with van der Waals surface area (Å²) in [6, 6.07) is 0. The summed E-state index contributed by atoms with van der Waals surface area (Å²) < 4.78 is 27.5. The summed E-state index contributed by atoms with van der Waals surface area (Å²) >= 11 is 0. The van der Waals surface area contributed by atoms with Gasteiger partial charge >= 0.3 is 0 Å². The minimum atomic E-state index is -3.34. The summed E-state index contributed by atoms with van der Waals surface area (Å²) in [6.07, 6.45) is 3.85. The Hall–Kier alpha value is -1.94. The lowest BCUT2D eigenvalue weighted by atomic mass is 9.92. The van der Waals surface area contributed by atoms with Crippen LogP contribution in [0.4, 0.5) is 5.69 Å². The number of carbonyl (C=O) groups is 2. The van der Waals surface area contributed by atoms with Gasteiger partial charge in [0, 0.05) is 33.3 Å².